The van der Waals surface area contributed by atoms with E-state index in [1.165, 1.54) is 89.9 Å². The molecule has 122 valence electrons. The number of unbranched alkanes of at least 4 members (excludes halogenated alkanes) is 13. The van der Waals surface area contributed by atoms with Crippen LogP contribution in [0, 0.1) is 0 Å². The molecular weight excluding hydrogens is 287 g/mol. The summed E-state index contributed by atoms with van der Waals surface area (Å²) in [6.07, 6.45) is 20.4. The van der Waals surface area contributed by atoms with Crippen LogP contribution in [0.15, 0.2) is 0 Å². The van der Waals surface area contributed by atoms with Crippen LogP contribution in [-0.4, -0.2) is 4.33 Å². The minimum atomic E-state index is -0.517. The molecule has 0 nitrogen and oxygen atoms in total. The zero-order valence-corrected chi connectivity index (χ0v) is 15.4. The first-order valence-electron chi connectivity index (χ1n) is 8.94. The normalized spacial score (nSPS) is 12.0. The Kier molecular flexibility index (Phi) is 14.9. The second kappa shape index (κ2) is 14.5. The molecule has 2 heteroatoms. The van der Waals surface area contributed by atoms with Gasteiger partial charge in [-0.15, -0.1) is 23.2 Å². The van der Waals surface area contributed by atoms with Gasteiger partial charge >= 0.3 is 0 Å². The molecular formula is C18H36Cl2. The summed E-state index contributed by atoms with van der Waals surface area (Å²) in [5, 5.41) is 0. The first-order valence-corrected chi connectivity index (χ1v) is 9.69. The molecule has 0 heterocycles. The Morgan fingerprint density at radius 1 is 0.550 bits per heavy atom. The molecule has 0 unspecified atom stereocenters. The van der Waals surface area contributed by atoms with Gasteiger partial charge in [-0.05, 0) is 13.3 Å². The van der Waals surface area contributed by atoms with Gasteiger partial charge in [0.1, 0.15) is 4.33 Å². The second-order valence-electron chi connectivity index (χ2n) is 6.42. The van der Waals surface area contributed by atoms with Gasteiger partial charge in [-0.25, -0.2) is 0 Å². The van der Waals surface area contributed by atoms with Crippen molar-refractivity contribution in [2.45, 2.75) is 114 Å². The molecule has 0 radical (unpaired) electrons. The van der Waals surface area contributed by atoms with Crippen LogP contribution >= 0.6 is 23.2 Å². The van der Waals surface area contributed by atoms with E-state index < -0.39 is 4.33 Å². The Hall–Kier alpha value is 0.580. The minimum Gasteiger partial charge on any atom is -0.102 e. The molecule has 0 amide bonds. The number of hydrogen-bond donors (Lipinski definition) is 0. The van der Waals surface area contributed by atoms with Gasteiger partial charge in [-0.2, -0.15) is 0 Å². The molecule has 0 aromatic carbocycles. The highest BCUT2D eigenvalue weighted by Gasteiger charge is 2.14. The van der Waals surface area contributed by atoms with E-state index in [1.807, 2.05) is 6.92 Å². The van der Waals surface area contributed by atoms with Crippen LogP contribution in [0.3, 0.4) is 0 Å². The minimum absolute atomic E-state index is 0.517. The summed E-state index contributed by atoms with van der Waals surface area (Å²) in [5.41, 5.74) is 0. The van der Waals surface area contributed by atoms with Gasteiger partial charge in [0.25, 0.3) is 0 Å². The Morgan fingerprint density at radius 2 is 0.850 bits per heavy atom. The first kappa shape index (κ1) is 20.6. The molecule has 0 aliphatic rings. The Labute approximate surface area is 138 Å². The largest absolute Gasteiger partial charge is 0.115 e. The molecule has 0 aromatic heterocycles. The van der Waals surface area contributed by atoms with Crippen LogP contribution in [0.2, 0.25) is 0 Å². The lowest BCUT2D eigenvalue weighted by Crippen LogP contribution is -2.04. The van der Waals surface area contributed by atoms with Crippen molar-refractivity contribution in [3.8, 4) is 0 Å². The van der Waals surface area contributed by atoms with Gasteiger partial charge in [0, 0.05) is 0 Å². The predicted octanol–water partition coefficient (Wildman–Crippen LogP) is 8.05. The van der Waals surface area contributed by atoms with Crippen molar-refractivity contribution < 1.29 is 0 Å². The summed E-state index contributed by atoms with van der Waals surface area (Å²) in [4.78, 5) is 0. The van der Waals surface area contributed by atoms with Crippen LogP contribution < -0.4 is 0 Å². The van der Waals surface area contributed by atoms with Crippen LogP contribution in [-0.2, 0) is 0 Å². The molecule has 0 saturated carbocycles. The third-order valence-electron chi connectivity index (χ3n) is 3.97. The maximum absolute atomic E-state index is 5.95. The molecule has 0 aliphatic carbocycles. The van der Waals surface area contributed by atoms with Crippen molar-refractivity contribution in [1.82, 2.24) is 0 Å². The van der Waals surface area contributed by atoms with Gasteiger partial charge in [0.2, 0.25) is 0 Å². The van der Waals surface area contributed by atoms with Crippen molar-refractivity contribution in [3.05, 3.63) is 0 Å². The van der Waals surface area contributed by atoms with Crippen molar-refractivity contribution in [1.29, 1.82) is 0 Å². The molecule has 0 bridgehead atoms. The number of rotatable bonds is 15. The van der Waals surface area contributed by atoms with E-state index in [9.17, 15) is 0 Å². The maximum Gasteiger partial charge on any atom is 0.115 e. The van der Waals surface area contributed by atoms with Gasteiger partial charge in [-0.1, -0.05) is 96.8 Å². The molecule has 0 saturated heterocycles. The zero-order chi connectivity index (χ0) is 15.1. The maximum atomic E-state index is 5.95. The van der Waals surface area contributed by atoms with E-state index in [1.54, 1.807) is 0 Å². The molecule has 0 spiro atoms. The van der Waals surface area contributed by atoms with E-state index in [4.69, 9.17) is 23.2 Å². The van der Waals surface area contributed by atoms with Crippen molar-refractivity contribution in [2.75, 3.05) is 0 Å². The Bertz CT molecular complexity index is 184. The summed E-state index contributed by atoms with van der Waals surface area (Å²) in [6, 6.07) is 0. The zero-order valence-electron chi connectivity index (χ0n) is 13.9. The highest BCUT2D eigenvalue weighted by atomic mass is 35.5. The monoisotopic (exact) mass is 322 g/mol. The summed E-state index contributed by atoms with van der Waals surface area (Å²) < 4.78 is -0.517. The lowest BCUT2D eigenvalue weighted by molar-refractivity contribution is 0.529. The van der Waals surface area contributed by atoms with Gasteiger partial charge in [-0.3, -0.25) is 0 Å². The Balaban J connectivity index is 2.99. The number of hydrogen-bond acceptors (Lipinski definition) is 0. The third-order valence-corrected chi connectivity index (χ3v) is 4.35. The quantitative estimate of drug-likeness (QED) is 0.211. The van der Waals surface area contributed by atoms with E-state index in [0.29, 0.717) is 0 Å². The molecule has 0 N–H and O–H groups in total. The summed E-state index contributed by atoms with van der Waals surface area (Å²) in [5.74, 6) is 0. The fraction of sp³-hybridized carbons (Fsp3) is 1.00. The SMILES string of the molecule is CCCCCCCCCCCCCCCCC(C)(Cl)Cl. The van der Waals surface area contributed by atoms with Crippen LogP contribution in [0.5, 0.6) is 0 Å². The molecule has 0 atom stereocenters. The van der Waals surface area contributed by atoms with E-state index >= 15 is 0 Å². The first-order chi connectivity index (χ1) is 9.56. The van der Waals surface area contributed by atoms with Crippen molar-refractivity contribution in [2.24, 2.45) is 0 Å². The third kappa shape index (κ3) is 18.6. The van der Waals surface area contributed by atoms with Crippen molar-refractivity contribution >= 4 is 23.2 Å². The van der Waals surface area contributed by atoms with Gasteiger partial charge in [0.05, 0.1) is 0 Å². The molecule has 0 rings (SSSR count). The van der Waals surface area contributed by atoms with E-state index in [2.05, 4.69) is 6.92 Å². The lowest BCUT2D eigenvalue weighted by atomic mass is 10.0. The summed E-state index contributed by atoms with van der Waals surface area (Å²) >= 11 is 11.9. The Morgan fingerprint density at radius 3 is 1.15 bits per heavy atom. The van der Waals surface area contributed by atoms with Crippen LogP contribution in [0.4, 0.5) is 0 Å². The summed E-state index contributed by atoms with van der Waals surface area (Å²) in [6.45, 7) is 4.17. The number of alkyl halides is 2. The van der Waals surface area contributed by atoms with E-state index in [0.717, 1.165) is 6.42 Å². The molecule has 0 fully saturated rings. The standard InChI is InChI=1S/C18H36Cl2/c1-3-4-5-6-7-8-9-10-11-12-13-14-15-16-17-18(2,19)20/h3-17H2,1-2H3. The van der Waals surface area contributed by atoms with Gasteiger partial charge in [0.15, 0.2) is 0 Å². The lowest BCUT2D eigenvalue weighted by Gasteiger charge is -2.11. The fourth-order valence-electron chi connectivity index (χ4n) is 2.63. The molecule has 20 heavy (non-hydrogen) atoms. The highest BCUT2D eigenvalue weighted by molar-refractivity contribution is 6.48. The van der Waals surface area contributed by atoms with Gasteiger partial charge < -0.3 is 0 Å². The fourth-order valence-corrected chi connectivity index (χ4v) is 2.90. The van der Waals surface area contributed by atoms with Crippen LogP contribution in [0.1, 0.15) is 110 Å². The van der Waals surface area contributed by atoms with Crippen LogP contribution in [0.25, 0.3) is 0 Å². The van der Waals surface area contributed by atoms with E-state index in [-0.39, 0.29) is 0 Å². The predicted molar refractivity (Wildman–Crippen MR) is 95.0 cm³/mol. The average Bonchev–Trinajstić information content (AvgIpc) is 2.38. The summed E-state index contributed by atoms with van der Waals surface area (Å²) in [7, 11) is 0. The molecule has 0 aliphatic heterocycles. The smallest absolute Gasteiger partial charge is 0.102 e. The second-order valence-corrected chi connectivity index (χ2v) is 8.28. The topological polar surface area (TPSA) is 0 Å². The average molecular weight is 323 g/mol. The highest BCUT2D eigenvalue weighted by Crippen LogP contribution is 2.26. The van der Waals surface area contributed by atoms with Crippen molar-refractivity contribution in [3.63, 3.8) is 0 Å². The number of halogens is 2. The molecule has 0 aromatic rings.